The van der Waals surface area contributed by atoms with Crippen molar-refractivity contribution in [2.24, 2.45) is 0 Å². The predicted octanol–water partition coefficient (Wildman–Crippen LogP) is 14.5. The van der Waals surface area contributed by atoms with Crippen LogP contribution in [-0.2, 0) is 5.41 Å². The average Bonchev–Trinajstić information content (AvgIpc) is 3.61. The van der Waals surface area contributed by atoms with E-state index in [0.29, 0.717) is 11.5 Å². The summed E-state index contributed by atoms with van der Waals surface area (Å²) in [6, 6.07) is 70.4. The number of rotatable bonds is 4. The van der Waals surface area contributed by atoms with Gasteiger partial charge in [-0.2, -0.15) is 0 Å². The fourth-order valence-electron chi connectivity index (χ4n) is 9.61. The summed E-state index contributed by atoms with van der Waals surface area (Å²) in [5.41, 5.74) is 13.8. The van der Waals surface area contributed by atoms with E-state index in [1.807, 2.05) is 42.5 Å². The Hall–Kier alpha value is -8.13. The first-order valence-corrected chi connectivity index (χ1v) is 20.2. The summed E-state index contributed by atoms with van der Waals surface area (Å²) >= 11 is 0. The lowest BCUT2D eigenvalue weighted by Gasteiger charge is -2.40. The van der Waals surface area contributed by atoms with Gasteiger partial charge in [0, 0.05) is 38.6 Å². The summed E-state index contributed by atoms with van der Waals surface area (Å²) in [5, 5.41) is 4.46. The van der Waals surface area contributed by atoms with Crippen LogP contribution in [0, 0.1) is 6.57 Å². The summed E-state index contributed by atoms with van der Waals surface area (Å²) in [7, 11) is 0. The molecule has 0 unspecified atom stereocenters. The second-order valence-electron chi connectivity index (χ2n) is 15.6. The Bertz CT molecular complexity index is 3330. The van der Waals surface area contributed by atoms with Crippen LogP contribution in [-0.4, -0.2) is 9.97 Å². The van der Waals surface area contributed by atoms with E-state index in [4.69, 9.17) is 21.3 Å². The van der Waals surface area contributed by atoms with Crippen LogP contribution in [0.25, 0.3) is 82.5 Å². The van der Waals surface area contributed by atoms with E-state index in [2.05, 4.69) is 163 Å². The van der Waals surface area contributed by atoms with Crippen molar-refractivity contribution in [1.29, 1.82) is 0 Å². The number of benzene rings is 9. The molecule has 2 aliphatic rings. The molecule has 1 aliphatic carbocycles. The van der Waals surface area contributed by atoms with Crippen LogP contribution in [0.5, 0.6) is 11.5 Å². The second-order valence-corrected chi connectivity index (χ2v) is 15.6. The van der Waals surface area contributed by atoms with Gasteiger partial charge in [-0.05, 0) is 62.4 Å². The molecule has 4 nitrogen and oxygen atoms in total. The minimum atomic E-state index is -0.672. The predicted molar refractivity (Wildman–Crippen MR) is 242 cm³/mol. The molecule has 0 bridgehead atoms. The van der Waals surface area contributed by atoms with E-state index in [0.717, 1.165) is 83.4 Å². The lowest BCUT2D eigenvalue weighted by Crippen LogP contribution is -2.32. The van der Waals surface area contributed by atoms with Gasteiger partial charge in [0.15, 0.2) is 11.5 Å². The van der Waals surface area contributed by atoms with Crippen LogP contribution in [0.3, 0.4) is 0 Å². The molecule has 0 radical (unpaired) electrons. The molecule has 0 saturated heterocycles. The molecule has 1 aromatic heterocycles. The second kappa shape index (κ2) is 13.2. The monoisotopic (exact) mass is 763 g/mol. The molecule has 60 heavy (non-hydrogen) atoms. The smallest absolute Gasteiger partial charge is 0.187 e. The number of nitrogens with zero attached hydrogens (tertiary/aromatic N) is 3. The van der Waals surface area contributed by atoms with Gasteiger partial charge in [0.05, 0.1) is 23.4 Å². The maximum Gasteiger partial charge on any atom is 0.187 e. The van der Waals surface area contributed by atoms with Crippen LogP contribution < -0.4 is 4.74 Å². The number of aromatic nitrogens is 2. The number of ether oxygens (including phenoxy) is 1. The van der Waals surface area contributed by atoms with Crippen molar-refractivity contribution in [3.8, 4) is 67.7 Å². The van der Waals surface area contributed by atoms with Gasteiger partial charge in [-0.3, -0.25) is 0 Å². The quantitative estimate of drug-likeness (QED) is 0.168. The van der Waals surface area contributed by atoms with E-state index in [-0.39, 0.29) is 0 Å². The maximum atomic E-state index is 7.41. The normalized spacial score (nSPS) is 12.9. The van der Waals surface area contributed by atoms with Gasteiger partial charge >= 0.3 is 0 Å². The van der Waals surface area contributed by atoms with Gasteiger partial charge in [-0.1, -0.05) is 182 Å². The lowest BCUT2D eigenvalue weighted by atomic mass is 9.65. The third kappa shape index (κ3) is 5.03. The summed E-state index contributed by atoms with van der Waals surface area (Å²) < 4.78 is 7.18. The Kier molecular flexibility index (Phi) is 7.48. The van der Waals surface area contributed by atoms with Crippen LogP contribution in [0.15, 0.2) is 200 Å². The van der Waals surface area contributed by atoms with Gasteiger partial charge in [-0.15, -0.1) is 0 Å². The Morgan fingerprint density at radius 1 is 0.400 bits per heavy atom. The van der Waals surface area contributed by atoms with Crippen molar-refractivity contribution in [3.63, 3.8) is 0 Å². The molecule has 9 aromatic carbocycles. The van der Waals surface area contributed by atoms with E-state index < -0.39 is 5.41 Å². The third-order valence-electron chi connectivity index (χ3n) is 12.4. The number of fused-ring (bicyclic) bond motifs is 13. The first-order valence-electron chi connectivity index (χ1n) is 20.2. The minimum Gasteiger partial charge on any atom is -0.455 e. The van der Waals surface area contributed by atoms with Gasteiger partial charge in [0.2, 0.25) is 0 Å². The summed E-state index contributed by atoms with van der Waals surface area (Å²) in [6.07, 6.45) is 0. The minimum absolute atomic E-state index is 0.622. The molecule has 4 heteroatoms. The highest BCUT2D eigenvalue weighted by atomic mass is 16.5. The van der Waals surface area contributed by atoms with Gasteiger partial charge in [0.25, 0.3) is 0 Å². The highest BCUT2D eigenvalue weighted by Gasteiger charge is 2.52. The number of hydrogen-bond acceptors (Lipinski definition) is 3. The van der Waals surface area contributed by atoms with Crippen molar-refractivity contribution < 1.29 is 4.74 Å². The summed E-state index contributed by atoms with van der Waals surface area (Å²) in [6.45, 7) is 7.41. The zero-order chi connectivity index (χ0) is 39.8. The highest BCUT2D eigenvalue weighted by Crippen LogP contribution is 2.64. The molecule has 278 valence electrons. The highest BCUT2D eigenvalue weighted by molar-refractivity contribution is 6.00. The first-order chi connectivity index (χ1) is 29.7. The average molecular weight is 764 g/mol. The Morgan fingerprint density at radius 2 is 0.967 bits per heavy atom. The molecule has 0 saturated carbocycles. The molecule has 0 N–H and O–H groups in total. The van der Waals surface area contributed by atoms with E-state index in [1.165, 1.54) is 22.3 Å². The fraction of sp³-hybridized carbons (Fsp3) is 0.0179. The standard InChI is InChI=1S/C56H33N3O/c1-57-42-27-22-35(23-28-42)39-16-11-17-40(32-39)51-34-52(59-55(58-51)38-14-3-2-4-15-38)41-24-29-46-45-20-9-10-21-47(45)56(50(46)33-41)48-30-25-36-12-5-7-18-43(36)53(48)60-54-44-19-8-6-13-37(44)26-31-49(54)56/h2-34H. The van der Waals surface area contributed by atoms with E-state index >= 15 is 0 Å². The van der Waals surface area contributed by atoms with Gasteiger partial charge in [-0.25, -0.2) is 14.8 Å². The molecule has 0 atom stereocenters. The van der Waals surface area contributed by atoms with E-state index in [1.54, 1.807) is 0 Å². The fourth-order valence-corrected chi connectivity index (χ4v) is 9.61. The van der Waals surface area contributed by atoms with Crippen LogP contribution in [0.2, 0.25) is 0 Å². The largest absolute Gasteiger partial charge is 0.455 e. The molecule has 10 aromatic rings. The third-order valence-corrected chi connectivity index (χ3v) is 12.4. The molecule has 0 amide bonds. The van der Waals surface area contributed by atoms with Gasteiger partial charge in [0.1, 0.15) is 11.5 Å². The zero-order valence-electron chi connectivity index (χ0n) is 32.3. The summed E-state index contributed by atoms with van der Waals surface area (Å²) in [5.74, 6) is 2.45. The number of hydrogen-bond donors (Lipinski definition) is 0. The maximum absolute atomic E-state index is 7.41. The molecule has 0 fully saturated rings. The Morgan fingerprint density at radius 3 is 1.67 bits per heavy atom. The van der Waals surface area contributed by atoms with Gasteiger partial charge < -0.3 is 4.74 Å². The molecule has 1 spiro atoms. The van der Waals surface area contributed by atoms with Crippen molar-refractivity contribution in [2.75, 3.05) is 0 Å². The lowest BCUT2D eigenvalue weighted by molar-refractivity contribution is 0.447. The Labute approximate surface area is 347 Å². The van der Waals surface area contributed by atoms with Crippen LogP contribution in [0.4, 0.5) is 5.69 Å². The SMILES string of the molecule is [C-]#[N+]c1ccc(-c2cccc(-c3cc(-c4ccc5c(c4)C4(c6ccccc6-5)c5ccc6ccccc6c5Oc5c4ccc4ccccc54)nc(-c4ccccc4)n3)c2)cc1. The van der Waals surface area contributed by atoms with Crippen molar-refractivity contribution >= 4 is 27.2 Å². The first kappa shape index (κ1) is 34.0. The molecular weight excluding hydrogens is 731 g/mol. The Balaban J connectivity index is 1.11. The van der Waals surface area contributed by atoms with Crippen molar-refractivity contribution in [3.05, 3.63) is 234 Å². The van der Waals surface area contributed by atoms with Crippen LogP contribution >= 0.6 is 0 Å². The molecule has 1 aliphatic heterocycles. The molecule has 2 heterocycles. The molecular formula is C56H33N3O. The summed E-state index contributed by atoms with van der Waals surface area (Å²) in [4.78, 5) is 14.1. The molecule has 12 rings (SSSR count). The topological polar surface area (TPSA) is 39.4 Å². The van der Waals surface area contributed by atoms with Crippen molar-refractivity contribution in [1.82, 2.24) is 9.97 Å². The van der Waals surface area contributed by atoms with E-state index in [9.17, 15) is 0 Å². The van der Waals surface area contributed by atoms with Crippen molar-refractivity contribution in [2.45, 2.75) is 5.41 Å². The van der Waals surface area contributed by atoms with Crippen LogP contribution in [0.1, 0.15) is 22.3 Å². The zero-order valence-corrected chi connectivity index (χ0v) is 32.3.